The predicted molar refractivity (Wildman–Crippen MR) is 150 cm³/mol. The van der Waals surface area contributed by atoms with E-state index in [1.165, 1.54) is 22.7 Å². The number of fused-ring (bicyclic) bond motifs is 3. The number of allylic oxidation sites excluding steroid dienone is 5. The molecule has 1 aromatic heterocycles. The highest BCUT2D eigenvalue weighted by molar-refractivity contribution is 8.00. The van der Waals surface area contributed by atoms with E-state index in [1.54, 1.807) is 6.08 Å². The first-order valence-corrected chi connectivity index (χ1v) is 14.7. The first-order chi connectivity index (χ1) is 18.8. The van der Waals surface area contributed by atoms with Crippen molar-refractivity contribution in [1.82, 2.24) is 14.8 Å². The van der Waals surface area contributed by atoms with Gasteiger partial charge in [-0.05, 0) is 31.4 Å². The summed E-state index contributed by atoms with van der Waals surface area (Å²) in [4.78, 5) is 29.8. The Labute approximate surface area is 232 Å². The van der Waals surface area contributed by atoms with E-state index in [9.17, 15) is 22.8 Å². The molecule has 5 nitrogen and oxygen atoms in total. The lowest BCUT2D eigenvalue weighted by Crippen LogP contribution is -2.46. The standard InChI is InChI=1S/C28H30F3N3O2S.C2H6/c1-33-22-15-9-8-14-21(22)26-24(33)25(27(36)32-19-11-4-2-3-5-12-19)34(23(35)17-37-26)20-13-7-6-10-18(16-20)28(29,30)31;1-2/h6,8-10,13-16,19,25H,2-5,7,11-12,17H2,1H3,(H,32,36);1-2H3. The number of aryl methyl sites for hydroxylation is 1. The zero-order valence-electron chi connectivity index (χ0n) is 22.7. The first kappa shape index (κ1) is 29.1. The van der Waals surface area contributed by atoms with Gasteiger partial charge in [0.25, 0.3) is 0 Å². The summed E-state index contributed by atoms with van der Waals surface area (Å²) in [7, 11) is 1.85. The number of hydrogen-bond donors (Lipinski definition) is 1. The van der Waals surface area contributed by atoms with Crippen LogP contribution in [0.25, 0.3) is 10.9 Å². The lowest BCUT2D eigenvalue weighted by Gasteiger charge is -2.32. The molecule has 0 spiro atoms. The number of aromatic nitrogens is 1. The van der Waals surface area contributed by atoms with Crippen molar-refractivity contribution in [3.05, 3.63) is 65.5 Å². The number of benzene rings is 1. The SMILES string of the molecule is CC.Cn1c2c(c3ccccc31)SCC(=O)N(C1=CCC=CC(C(F)(F)F)=C1)C2C(=O)NC1CCCCCC1. The highest BCUT2D eigenvalue weighted by atomic mass is 32.2. The van der Waals surface area contributed by atoms with Gasteiger partial charge in [0.2, 0.25) is 11.8 Å². The fourth-order valence-corrected chi connectivity index (χ4v) is 6.67. The molecule has 1 aliphatic heterocycles. The van der Waals surface area contributed by atoms with Crippen molar-refractivity contribution in [3.63, 3.8) is 0 Å². The Morgan fingerprint density at radius 3 is 2.46 bits per heavy atom. The van der Waals surface area contributed by atoms with Crippen LogP contribution in [0.2, 0.25) is 0 Å². The van der Waals surface area contributed by atoms with E-state index in [2.05, 4.69) is 5.32 Å². The van der Waals surface area contributed by atoms with Gasteiger partial charge in [0, 0.05) is 34.6 Å². The Kier molecular flexibility index (Phi) is 9.31. The summed E-state index contributed by atoms with van der Waals surface area (Å²) in [5.74, 6) is -0.721. The predicted octanol–water partition coefficient (Wildman–Crippen LogP) is 7.35. The summed E-state index contributed by atoms with van der Waals surface area (Å²) in [6, 6.07) is 6.62. The molecule has 2 heterocycles. The van der Waals surface area contributed by atoms with Crippen LogP contribution in [0.15, 0.2) is 64.7 Å². The number of alkyl halides is 3. The summed E-state index contributed by atoms with van der Waals surface area (Å²) in [6.45, 7) is 4.00. The van der Waals surface area contributed by atoms with E-state index in [0.717, 1.165) is 66.5 Å². The second-order valence-electron chi connectivity index (χ2n) is 9.81. The number of halogens is 3. The zero-order valence-corrected chi connectivity index (χ0v) is 23.5. The fraction of sp³-hybridized carbons (Fsp3) is 0.467. The topological polar surface area (TPSA) is 54.3 Å². The van der Waals surface area contributed by atoms with Crippen LogP contribution in [0.4, 0.5) is 13.2 Å². The van der Waals surface area contributed by atoms with Crippen LogP contribution >= 0.6 is 11.8 Å². The Bertz CT molecular complexity index is 1300. The molecule has 1 unspecified atom stereocenters. The Morgan fingerprint density at radius 2 is 1.77 bits per heavy atom. The number of carbonyl (C=O) groups excluding carboxylic acids is 2. The van der Waals surface area contributed by atoms with Crippen LogP contribution in [0.1, 0.15) is 70.5 Å². The largest absolute Gasteiger partial charge is 0.416 e. The molecule has 0 bridgehead atoms. The van der Waals surface area contributed by atoms with Crippen molar-refractivity contribution in [1.29, 1.82) is 0 Å². The molecule has 39 heavy (non-hydrogen) atoms. The average molecular weight is 560 g/mol. The minimum absolute atomic E-state index is 0.0212. The molecule has 210 valence electrons. The van der Waals surface area contributed by atoms with E-state index >= 15 is 0 Å². The maximum absolute atomic E-state index is 14.1. The number of nitrogens with one attached hydrogen (secondary N) is 1. The summed E-state index contributed by atoms with van der Waals surface area (Å²) < 4.78 is 43.2. The molecule has 9 heteroatoms. The molecule has 0 radical (unpaired) electrons. The molecule has 0 saturated heterocycles. The molecule has 2 aliphatic carbocycles. The van der Waals surface area contributed by atoms with Crippen molar-refractivity contribution >= 4 is 34.5 Å². The van der Waals surface area contributed by atoms with Gasteiger partial charge >= 0.3 is 6.18 Å². The number of para-hydroxylation sites is 1. The second kappa shape index (κ2) is 12.5. The molecule has 5 rings (SSSR count). The summed E-state index contributed by atoms with van der Waals surface area (Å²) >= 11 is 1.34. The molecule has 2 aromatic rings. The van der Waals surface area contributed by atoms with Gasteiger partial charge in [-0.1, -0.05) is 76.0 Å². The molecule has 1 atom stereocenters. The van der Waals surface area contributed by atoms with E-state index in [-0.39, 0.29) is 29.8 Å². The van der Waals surface area contributed by atoms with E-state index in [0.29, 0.717) is 5.69 Å². The van der Waals surface area contributed by atoms with Crippen molar-refractivity contribution in [3.8, 4) is 0 Å². The van der Waals surface area contributed by atoms with Crippen LogP contribution in [-0.4, -0.2) is 39.3 Å². The Morgan fingerprint density at radius 1 is 1.08 bits per heavy atom. The third-order valence-electron chi connectivity index (χ3n) is 7.35. The van der Waals surface area contributed by atoms with Gasteiger partial charge in [-0.15, -0.1) is 11.8 Å². The number of amides is 2. The normalized spacial score (nSPS) is 20.6. The van der Waals surface area contributed by atoms with Crippen LogP contribution < -0.4 is 5.32 Å². The molecular weight excluding hydrogens is 523 g/mol. The smallest absolute Gasteiger partial charge is 0.351 e. The highest BCUT2D eigenvalue weighted by Gasteiger charge is 2.42. The Balaban J connectivity index is 0.00000172. The van der Waals surface area contributed by atoms with Gasteiger partial charge in [-0.2, -0.15) is 13.2 Å². The maximum atomic E-state index is 14.1. The van der Waals surface area contributed by atoms with Gasteiger partial charge in [0.15, 0.2) is 6.04 Å². The molecule has 1 fully saturated rings. The molecule has 1 aromatic carbocycles. The summed E-state index contributed by atoms with van der Waals surface area (Å²) in [5.41, 5.74) is 0.788. The van der Waals surface area contributed by atoms with Gasteiger partial charge in [-0.25, -0.2) is 0 Å². The van der Waals surface area contributed by atoms with Crippen LogP contribution in [0.3, 0.4) is 0 Å². The van der Waals surface area contributed by atoms with Gasteiger partial charge < -0.3 is 9.88 Å². The highest BCUT2D eigenvalue weighted by Crippen LogP contribution is 2.44. The average Bonchev–Trinajstić information content (AvgIpc) is 3.25. The number of thioether (sulfide) groups is 1. The quantitative estimate of drug-likeness (QED) is 0.400. The molecule has 1 saturated carbocycles. The second-order valence-corrected chi connectivity index (χ2v) is 10.8. The van der Waals surface area contributed by atoms with Crippen molar-refractivity contribution in [2.45, 2.75) is 81.9 Å². The fourth-order valence-electron chi connectivity index (χ4n) is 5.54. The zero-order chi connectivity index (χ0) is 28.2. The summed E-state index contributed by atoms with van der Waals surface area (Å²) in [6.07, 6.45) is 6.67. The third-order valence-corrected chi connectivity index (χ3v) is 8.46. The maximum Gasteiger partial charge on any atom is 0.416 e. The van der Waals surface area contributed by atoms with Gasteiger partial charge in [-0.3, -0.25) is 14.5 Å². The molecule has 3 aliphatic rings. The first-order valence-electron chi connectivity index (χ1n) is 13.7. The van der Waals surface area contributed by atoms with Gasteiger partial charge in [0.1, 0.15) is 0 Å². The lowest BCUT2D eigenvalue weighted by molar-refractivity contribution is -0.137. The van der Waals surface area contributed by atoms with Crippen molar-refractivity contribution < 1.29 is 22.8 Å². The van der Waals surface area contributed by atoms with Crippen LogP contribution in [-0.2, 0) is 16.6 Å². The van der Waals surface area contributed by atoms with E-state index < -0.39 is 23.7 Å². The minimum Gasteiger partial charge on any atom is -0.351 e. The number of nitrogens with zero attached hydrogens (tertiary/aromatic N) is 2. The molecule has 2 amide bonds. The van der Waals surface area contributed by atoms with Crippen LogP contribution in [0, 0.1) is 0 Å². The molecule has 1 N–H and O–H groups in total. The third kappa shape index (κ3) is 6.13. The van der Waals surface area contributed by atoms with E-state index in [4.69, 9.17) is 0 Å². The van der Waals surface area contributed by atoms with Crippen LogP contribution in [0.5, 0.6) is 0 Å². The minimum atomic E-state index is -4.58. The summed E-state index contributed by atoms with van der Waals surface area (Å²) in [5, 5.41) is 4.10. The van der Waals surface area contributed by atoms with Crippen molar-refractivity contribution in [2.75, 3.05) is 5.75 Å². The monoisotopic (exact) mass is 559 g/mol. The van der Waals surface area contributed by atoms with Gasteiger partial charge in [0.05, 0.1) is 17.0 Å². The van der Waals surface area contributed by atoms with Crippen molar-refractivity contribution in [2.24, 2.45) is 7.05 Å². The lowest BCUT2D eigenvalue weighted by atomic mass is 10.0. The molecular formula is C30H36F3N3O2S. The van der Waals surface area contributed by atoms with E-state index in [1.807, 2.05) is 49.7 Å². The Hall–Kier alpha value is -2.94. The number of carbonyl (C=O) groups is 2. The number of rotatable bonds is 3. The number of hydrogen-bond acceptors (Lipinski definition) is 3.